The van der Waals surface area contributed by atoms with Gasteiger partial charge in [0.1, 0.15) is 0 Å². The van der Waals surface area contributed by atoms with Crippen LogP contribution in [-0.2, 0) is 11.3 Å². The van der Waals surface area contributed by atoms with Gasteiger partial charge in [-0.3, -0.25) is 14.2 Å². The summed E-state index contributed by atoms with van der Waals surface area (Å²) in [7, 11) is 3.07. The fourth-order valence-corrected chi connectivity index (χ4v) is 3.31. The summed E-state index contributed by atoms with van der Waals surface area (Å²) in [5.74, 6) is 1.03. The highest BCUT2D eigenvalue weighted by Crippen LogP contribution is 2.29. The number of carbonyl (C=O) groups is 1. The molecule has 0 radical (unpaired) electrons. The van der Waals surface area contributed by atoms with Crippen molar-refractivity contribution in [3.8, 4) is 11.5 Å². The number of hydrogen-bond donors (Lipinski definition) is 2. The van der Waals surface area contributed by atoms with Crippen LogP contribution in [-0.4, -0.2) is 48.8 Å². The summed E-state index contributed by atoms with van der Waals surface area (Å²) in [5, 5.41) is 6.76. The van der Waals surface area contributed by atoms with Crippen molar-refractivity contribution < 1.29 is 14.3 Å². The zero-order valence-corrected chi connectivity index (χ0v) is 15.8. The molecule has 2 aromatic rings. The molecule has 2 heterocycles. The predicted molar refractivity (Wildman–Crippen MR) is 102 cm³/mol. The largest absolute Gasteiger partial charge is 0.493 e. The molecule has 0 saturated carbocycles. The Bertz CT molecular complexity index is 859. The number of ether oxygens (including phenoxy) is 2. The zero-order valence-electron chi connectivity index (χ0n) is 15.8. The number of nitrogens with one attached hydrogen (secondary N) is 2. The zero-order chi connectivity index (χ0) is 19.2. The number of benzene rings is 1. The van der Waals surface area contributed by atoms with Gasteiger partial charge in [0.25, 0.3) is 5.56 Å². The molecular formula is C19H26N4O4. The third kappa shape index (κ3) is 4.57. The molecule has 1 aliphatic rings. The van der Waals surface area contributed by atoms with Crippen LogP contribution in [0.4, 0.5) is 0 Å². The van der Waals surface area contributed by atoms with Gasteiger partial charge in [0.2, 0.25) is 5.91 Å². The Morgan fingerprint density at radius 2 is 2.11 bits per heavy atom. The highest BCUT2D eigenvalue weighted by Gasteiger charge is 2.15. The van der Waals surface area contributed by atoms with E-state index in [-0.39, 0.29) is 11.5 Å². The topological polar surface area (TPSA) is 94.5 Å². The quantitative estimate of drug-likeness (QED) is 0.718. The minimum atomic E-state index is -0.156. The van der Waals surface area contributed by atoms with Gasteiger partial charge in [0.05, 0.1) is 31.4 Å². The van der Waals surface area contributed by atoms with Crippen LogP contribution >= 0.6 is 0 Å². The van der Waals surface area contributed by atoms with Gasteiger partial charge in [0.15, 0.2) is 11.5 Å². The van der Waals surface area contributed by atoms with E-state index in [0.29, 0.717) is 54.4 Å². The molecule has 0 aliphatic carbocycles. The molecule has 1 saturated heterocycles. The van der Waals surface area contributed by atoms with E-state index < -0.39 is 0 Å². The van der Waals surface area contributed by atoms with Crippen molar-refractivity contribution in [2.45, 2.75) is 38.3 Å². The maximum absolute atomic E-state index is 12.7. The maximum atomic E-state index is 12.7. The molecule has 0 bridgehead atoms. The number of fused-ring (bicyclic) bond motifs is 1. The first-order chi connectivity index (χ1) is 13.1. The average molecular weight is 374 g/mol. The highest BCUT2D eigenvalue weighted by molar-refractivity contribution is 5.81. The first kappa shape index (κ1) is 19.2. The van der Waals surface area contributed by atoms with E-state index in [9.17, 15) is 9.59 Å². The molecule has 1 fully saturated rings. The number of carbonyl (C=O) groups excluding carboxylic acids is 1. The SMILES string of the molecule is COc1cc2ncn(CCCC(=O)NCC3CCCN3)c(=O)c2cc1OC. The molecule has 1 aromatic heterocycles. The third-order valence-electron chi connectivity index (χ3n) is 4.84. The van der Waals surface area contributed by atoms with Gasteiger partial charge in [0, 0.05) is 31.6 Å². The summed E-state index contributed by atoms with van der Waals surface area (Å²) in [6.07, 6.45) is 4.73. The van der Waals surface area contributed by atoms with Gasteiger partial charge in [-0.15, -0.1) is 0 Å². The minimum Gasteiger partial charge on any atom is -0.493 e. The summed E-state index contributed by atoms with van der Waals surface area (Å²) < 4.78 is 12.0. The van der Waals surface area contributed by atoms with E-state index in [2.05, 4.69) is 15.6 Å². The van der Waals surface area contributed by atoms with Crippen LogP contribution < -0.4 is 25.7 Å². The van der Waals surface area contributed by atoms with Crippen LogP contribution in [0.15, 0.2) is 23.3 Å². The van der Waals surface area contributed by atoms with Crippen LogP contribution in [0, 0.1) is 0 Å². The highest BCUT2D eigenvalue weighted by atomic mass is 16.5. The molecule has 1 unspecified atom stereocenters. The molecule has 1 aliphatic heterocycles. The van der Waals surface area contributed by atoms with Gasteiger partial charge >= 0.3 is 0 Å². The standard InChI is InChI=1S/C19H26N4O4/c1-26-16-9-14-15(10-17(16)27-2)22-12-23(19(14)25)8-4-6-18(24)21-11-13-5-3-7-20-13/h9-10,12-13,20H,3-8,11H2,1-2H3,(H,21,24). The lowest BCUT2D eigenvalue weighted by Gasteiger charge is -2.12. The fraction of sp³-hybridized carbons (Fsp3) is 0.526. The van der Waals surface area contributed by atoms with Crippen LogP contribution in [0.1, 0.15) is 25.7 Å². The van der Waals surface area contributed by atoms with Gasteiger partial charge in [-0.2, -0.15) is 0 Å². The van der Waals surface area contributed by atoms with E-state index in [0.717, 1.165) is 19.4 Å². The Balaban J connectivity index is 1.60. The molecule has 27 heavy (non-hydrogen) atoms. The van der Waals surface area contributed by atoms with Gasteiger partial charge < -0.3 is 20.1 Å². The number of nitrogens with zero attached hydrogens (tertiary/aromatic N) is 2. The van der Waals surface area contributed by atoms with E-state index in [1.165, 1.54) is 18.0 Å². The van der Waals surface area contributed by atoms with Gasteiger partial charge in [-0.05, 0) is 31.9 Å². The Morgan fingerprint density at radius 1 is 1.33 bits per heavy atom. The number of amides is 1. The van der Waals surface area contributed by atoms with Crippen molar-refractivity contribution in [1.29, 1.82) is 0 Å². The van der Waals surface area contributed by atoms with Crippen molar-refractivity contribution in [3.05, 3.63) is 28.8 Å². The Morgan fingerprint density at radius 3 is 2.81 bits per heavy atom. The Labute approximate surface area is 157 Å². The summed E-state index contributed by atoms with van der Waals surface area (Å²) in [6.45, 7) is 2.12. The Hall–Kier alpha value is -2.61. The first-order valence-electron chi connectivity index (χ1n) is 9.23. The van der Waals surface area contributed by atoms with Crippen molar-refractivity contribution in [3.63, 3.8) is 0 Å². The summed E-state index contributed by atoms with van der Waals surface area (Å²) in [6, 6.07) is 3.71. The molecule has 8 nitrogen and oxygen atoms in total. The second-order valence-corrected chi connectivity index (χ2v) is 6.67. The van der Waals surface area contributed by atoms with Crippen molar-refractivity contribution in [1.82, 2.24) is 20.2 Å². The smallest absolute Gasteiger partial charge is 0.261 e. The monoisotopic (exact) mass is 374 g/mol. The number of rotatable bonds is 8. The second kappa shape index (κ2) is 8.85. The summed E-state index contributed by atoms with van der Waals surface area (Å²) in [4.78, 5) is 29.0. The van der Waals surface area contributed by atoms with E-state index in [1.54, 1.807) is 19.2 Å². The van der Waals surface area contributed by atoms with Crippen LogP contribution in [0.5, 0.6) is 11.5 Å². The normalized spacial score (nSPS) is 16.4. The van der Waals surface area contributed by atoms with Gasteiger partial charge in [-0.25, -0.2) is 4.98 Å². The molecule has 3 rings (SSSR count). The average Bonchev–Trinajstić information content (AvgIpc) is 3.21. The molecule has 1 atom stereocenters. The minimum absolute atomic E-state index is 0.0110. The number of aromatic nitrogens is 2. The van der Waals surface area contributed by atoms with E-state index in [1.807, 2.05) is 0 Å². The van der Waals surface area contributed by atoms with Crippen molar-refractivity contribution >= 4 is 16.8 Å². The lowest BCUT2D eigenvalue weighted by atomic mass is 10.2. The number of hydrogen-bond acceptors (Lipinski definition) is 6. The molecule has 0 spiro atoms. The third-order valence-corrected chi connectivity index (χ3v) is 4.84. The lowest BCUT2D eigenvalue weighted by molar-refractivity contribution is -0.121. The molecule has 2 N–H and O–H groups in total. The lowest BCUT2D eigenvalue weighted by Crippen LogP contribution is -2.37. The van der Waals surface area contributed by atoms with Crippen LogP contribution in [0.3, 0.4) is 0 Å². The van der Waals surface area contributed by atoms with Crippen molar-refractivity contribution in [2.75, 3.05) is 27.3 Å². The predicted octanol–water partition coefficient (Wildman–Crippen LogP) is 1.06. The molecule has 8 heteroatoms. The van der Waals surface area contributed by atoms with E-state index in [4.69, 9.17) is 9.47 Å². The first-order valence-corrected chi connectivity index (χ1v) is 9.23. The number of aryl methyl sites for hydroxylation is 1. The van der Waals surface area contributed by atoms with Crippen LogP contribution in [0.25, 0.3) is 10.9 Å². The maximum Gasteiger partial charge on any atom is 0.261 e. The van der Waals surface area contributed by atoms with Crippen LogP contribution in [0.2, 0.25) is 0 Å². The molecule has 1 amide bonds. The molecular weight excluding hydrogens is 348 g/mol. The van der Waals surface area contributed by atoms with E-state index >= 15 is 0 Å². The summed E-state index contributed by atoms with van der Waals surface area (Å²) >= 11 is 0. The molecule has 146 valence electrons. The Kier molecular flexibility index (Phi) is 6.28. The summed E-state index contributed by atoms with van der Waals surface area (Å²) in [5.41, 5.74) is 0.396. The van der Waals surface area contributed by atoms with Crippen molar-refractivity contribution in [2.24, 2.45) is 0 Å². The fourth-order valence-electron chi connectivity index (χ4n) is 3.31. The number of methoxy groups -OCH3 is 2. The molecule has 1 aromatic carbocycles. The second-order valence-electron chi connectivity index (χ2n) is 6.67. The van der Waals surface area contributed by atoms with Gasteiger partial charge in [-0.1, -0.05) is 0 Å².